The molecule has 3 rings (SSSR count). The van der Waals surface area contributed by atoms with E-state index in [2.05, 4.69) is 12.2 Å². The maximum absolute atomic E-state index is 12.7. The Balaban J connectivity index is 1.93. The summed E-state index contributed by atoms with van der Waals surface area (Å²) < 4.78 is 3.12. The van der Waals surface area contributed by atoms with Crippen molar-refractivity contribution in [2.75, 3.05) is 0 Å². The Hall–Kier alpha value is -2.37. The molecule has 2 aromatic rings. The quantitative estimate of drug-likeness (QED) is 0.647. The van der Waals surface area contributed by atoms with Crippen LogP contribution in [0.1, 0.15) is 57.1 Å². The summed E-state index contributed by atoms with van der Waals surface area (Å²) in [4.78, 5) is 36.2. The van der Waals surface area contributed by atoms with Crippen molar-refractivity contribution in [3.05, 3.63) is 34.2 Å². The molecule has 1 saturated heterocycles. The van der Waals surface area contributed by atoms with Gasteiger partial charge in [-0.05, 0) is 37.0 Å². The zero-order valence-corrected chi connectivity index (χ0v) is 14.9. The lowest BCUT2D eigenvalue weighted by atomic mass is 10.0. The van der Waals surface area contributed by atoms with E-state index in [9.17, 15) is 14.4 Å². The van der Waals surface area contributed by atoms with E-state index >= 15 is 0 Å². The number of rotatable bonds is 6. The van der Waals surface area contributed by atoms with E-state index in [-0.39, 0.29) is 18.0 Å². The van der Waals surface area contributed by atoms with Gasteiger partial charge in [0.25, 0.3) is 0 Å². The topological polar surface area (TPSA) is 73.1 Å². The molecule has 1 N–H and O–H groups in total. The molecule has 25 heavy (non-hydrogen) atoms. The van der Waals surface area contributed by atoms with Gasteiger partial charge >= 0.3 is 5.69 Å². The van der Waals surface area contributed by atoms with E-state index < -0.39 is 11.9 Å². The number of unbranched alkanes of at least 4 members (excludes halogenated alkanes) is 3. The first-order valence-corrected chi connectivity index (χ1v) is 9.06. The van der Waals surface area contributed by atoms with Gasteiger partial charge in [0, 0.05) is 13.5 Å². The van der Waals surface area contributed by atoms with Crippen LogP contribution >= 0.6 is 0 Å². The molecule has 1 aliphatic rings. The minimum Gasteiger partial charge on any atom is -0.295 e. The minimum absolute atomic E-state index is 0.215. The molecular weight excluding hydrogens is 318 g/mol. The predicted molar refractivity (Wildman–Crippen MR) is 96.4 cm³/mol. The normalized spacial score (nSPS) is 17.9. The largest absolute Gasteiger partial charge is 0.329 e. The Morgan fingerprint density at radius 3 is 2.64 bits per heavy atom. The molecule has 1 aromatic heterocycles. The number of carbonyl (C=O) groups is 2. The number of imide groups is 1. The van der Waals surface area contributed by atoms with Crippen LogP contribution in [0.5, 0.6) is 0 Å². The van der Waals surface area contributed by atoms with Crippen LogP contribution in [0.3, 0.4) is 0 Å². The average Bonchev–Trinajstić information content (AvgIpc) is 2.83. The lowest BCUT2D eigenvalue weighted by Gasteiger charge is -2.21. The Morgan fingerprint density at radius 1 is 1.12 bits per heavy atom. The molecule has 0 saturated carbocycles. The summed E-state index contributed by atoms with van der Waals surface area (Å²) in [6, 6.07) is 5.39. The number of nitrogens with zero attached hydrogens (tertiary/aromatic N) is 2. The number of hydrogen-bond donors (Lipinski definition) is 1. The van der Waals surface area contributed by atoms with Crippen LogP contribution < -0.4 is 11.0 Å². The Kier molecular flexibility index (Phi) is 5.06. The molecule has 134 valence electrons. The Bertz CT molecular complexity index is 863. The first-order chi connectivity index (χ1) is 12.0. The van der Waals surface area contributed by atoms with Gasteiger partial charge in [-0.15, -0.1) is 0 Å². The van der Waals surface area contributed by atoms with Crippen LogP contribution in [0.4, 0.5) is 0 Å². The third kappa shape index (κ3) is 3.38. The summed E-state index contributed by atoms with van der Waals surface area (Å²) >= 11 is 0. The van der Waals surface area contributed by atoms with Crippen LogP contribution in [-0.2, 0) is 23.1 Å². The van der Waals surface area contributed by atoms with E-state index in [1.165, 1.54) is 29.4 Å². The van der Waals surface area contributed by atoms with Crippen LogP contribution in [0.2, 0.25) is 0 Å². The molecule has 6 heteroatoms. The zero-order valence-electron chi connectivity index (χ0n) is 14.9. The monoisotopic (exact) mass is 343 g/mol. The van der Waals surface area contributed by atoms with Crippen molar-refractivity contribution >= 4 is 22.8 Å². The van der Waals surface area contributed by atoms with Gasteiger partial charge in [0.1, 0.15) is 6.04 Å². The van der Waals surface area contributed by atoms with Crippen molar-refractivity contribution in [3.63, 3.8) is 0 Å². The van der Waals surface area contributed by atoms with Crippen molar-refractivity contribution < 1.29 is 9.59 Å². The molecule has 0 radical (unpaired) electrons. The molecule has 0 bridgehead atoms. The fourth-order valence-corrected chi connectivity index (χ4v) is 3.55. The minimum atomic E-state index is -0.621. The lowest BCUT2D eigenvalue weighted by molar-refractivity contribution is -0.135. The van der Waals surface area contributed by atoms with Crippen LogP contribution in [0, 0.1) is 0 Å². The maximum Gasteiger partial charge on any atom is 0.329 e. The second-order valence-electron chi connectivity index (χ2n) is 6.81. The molecular formula is C19H25N3O3. The zero-order chi connectivity index (χ0) is 18.0. The van der Waals surface area contributed by atoms with Gasteiger partial charge < -0.3 is 0 Å². The molecule has 0 aliphatic carbocycles. The summed E-state index contributed by atoms with van der Waals surface area (Å²) in [5, 5.41) is 2.33. The molecule has 1 fully saturated rings. The number of piperidine rings is 1. The van der Waals surface area contributed by atoms with Crippen molar-refractivity contribution in [1.29, 1.82) is 0 Å². The fraction of sp³-hybridized carbons (Fsp3) is 0.526. The van der Waals surface area contributed by atoms with E-state index in [0.717, 1.165) is 23.9 Å². The van der Waals surface area contributed by atoms with Gasteiger partial charge in [0.2, 0.25) is 11.8 Å². The van der Waals surface area contributed by atoms with Crippen LogP contribution in [0.25, 0.3) is 11.0 Å². The molecule has 2 heterocycles. The van der Waals surface area contributed by atoms with Gasteiger partial charge in [-0.3, -0.25) is 24.0 Å². The smallest absolute Gasteiger partial charge is 0.295 e. The number of imidazole rings is 1. The third-order valence-corrected chi connectivity index (χ3v) is 4.99. The summed E-state index contributed by atoms with van der Waals surface area (Å²) in [5.41, 5.74) is 2.58. The highest BCUT2D eigenvalue weighted by molar-refractivity contribution is 6.00. The van der Waals surface area contributed by atoms with Crippen LogP contribution in [-0.4, -0.2) is 20.9 Å². The summed E-state index contributed by atoms with van der Waals surface area (Å²) in [6.45, 7) is 2.19. The third-order valence-electron chi connectivity index (χ3n) is 4.99. The van der Waals surface area contributed by atoms with Crippen LogP contribution in [0.15, 0.2) is 23.0 Å². The van der Waals surface area contributed by atoms with Gasteiger partial charge in [-0.2, -0.15) is 0 Å². The Morgan fingerprint density at radius 2 is 1.92 bits per heavy atom. The second-order valence-corrected chi connectivity index (χ2v) is 6.81. The second kappa shape index (κ2) is 7.25. The lowest BCUT2D eigenvalue weighted by Crippen LogP contribution is -2.44. The van der Waals surface area contributed by atoms with Gasteiger partial charge in [0.15, 0.2) is 0 Å². The van der Waals surface area contributed by atoms with E-state index in [1.54, 1.807) is 11.6 Å². The number of nitrogens with one attached hydrogen (secondary N) is 1. The number of aryl methyl sites for hydroxylation is 2. The molecule has 1 unspecified atom stereocenters. The molecule has 1 atom stereocenters. The highest BCUT2D eigenvalue weighted by atomic mass is 16.2. The van der Waals surface area contributed by atoms with E-state index in [1.807, 2.05) is 18.2 Å². The number of carbonyl (C=O) groups excluding carboxylic acids is 2. The van der Waals surface area contributed by atoms with E-state index in [0.29, 0.717) is 6.42 Å². The number of hydrogen-bond acceptors (Lipinski definition) is 3. The number of fused-ring (bicyclic) bond motifs is 1. The molecule has 0 spiro atoms. The number of amides is 2. The first kappa shape index (κ1) is 17.5. The molecule has 6 nitrogen and oxygen atoms in total. The maximum atomic E-state index is 12.7. The Labute approximate surface area is 146 Å². The van der Waals surface area contributed by atoms with Crippen molar-refractivity contribution in [2.45, 2.75) is 57.9 Å². The molecule has 1 aromatic carbocycles. The van der Waals surface area contributed by atoms with Crippen molar-refractivity contribution in [1.82, 2.24) is 14.5 Å². The van der Waals surface area contributed by atoms with Gasteiger partial charge in [-0.1, -0.05) is 32.3 Å². The van der Waals surface area contributed by atoms with E-state index in [4.69, 9.17) is 0 Å². The summed E-state index contributed by atoms with van der Waals surface area (Å²) in [7, 11) is 1.73. The average molecular weight is 343 g/mol. The van der Waals surface area contributed by atoms with Gasteiger partial charge in [-0.25, -0.2) is 4.79 Å². The van der Waals surface area contributed by atoms with Gasteiger partial charge in [0.05, 0.1) is 11.0 Å². The fourth-order valence-electron chi connectivity index (χ4n) is 3.55. The first-order valence-electron chi connectivity index (χ1n) is 9.06. The summed E-state index contributed by atoms with van der Waals surface area (Å²) in [5.74, 6) is -0.668. The standard InChI is InChI=1S/C19H25N3O3/c1-3-4-5-6-7-13-8-9-14-16(12-13)21(2)19(25)22(14)15-10-11-17(23)20-18(15)24/h8-9,12,15H,3-7,10-11H2,1-2H3,(H,20,23,24). The molecule has 1 aliphatic heterocycles. The highest BCUT2D eigenvalue weighted by Crippen LogP contribution is 2.24. The van der Waals surface area contributed by atoms with Crippen molar-refractivity contribution in [2.24, 2.45) is 7.05 Å². The number of aromatic nitrogens is 2. The molecule has 2 amide bonds. The highest BCUT2D eigenvalue weighted by Gasteiger charge is 2.31. The SMILES string of the molecule is CCCCCCc1ccc2c(c1)n(C)c(=O)n2C1CCC(=O)NC1=O. The number of benzene rings is 1. The van der Waals surface area contributed by atoms with Crippen molar-refractivity contribution in [3.8, 4) is 0 Å². The summed E-state index contributed by atoms with van der Waals surface area (Å²) in [6.07, 6.45) is 6.42. The predicted octanol–water partition coefficient (Wildman–Crippen LogP) is 2.44.